The van der Waals surface area contributed by atoms with Crippen molar-refractivity contribution >= 4 is 35.2 Å². The topological polar surface area (TPSA) is 79.0 Å². The van der Waals surface area contributed by atoms with Gasteiger partial charge < -0.3 is 15.0 Å². The van der Waals surface area contributed by atoms with Gasteiger partial charge in [-0.15, -0.1) is 0 Å². The average Bonchev–Trinajstić information content (AvgIpc) is 3.37. The Balaban J connectivity index is 1.42. The number of ether oxygens (including phenoxy) is 1. The van der Waals surface area contributed by atoms with Crippen molar-refractivity contribution in [2.75, 3.05) is 17.3 Å². The maximum atomic E-state index is 13.8. The molecule has 3 aromatic carbocycles. The van der Waals surface area contributed by atoms with Crippen molar-refractivity contribution in [1.29, 1.82) is 0 Å². The Labute approximate surface area is 202 Å². The van der Waals surface area contributed by atoms with Gasteiger partial charge in [0.2, 0.25) is 17.7 Å². The van der Waals surface area contributed by atoms with Crippen LogP contribution in [0.2, 0.25) is 0 Å². The first kappa shape index (κ1) is 21.2. The number of nitrogens with one attached hydrogen (secondary N) is 1. The molecule has 0 radical (unpaired) electrons. The number of imide groups is 1. The van der Waals surface area contributed by atoms with Crippen LogP contribution in [0.25, 0.3) is 6.08 Å². The molecule has 3 aliphatic heterocycles. The molecule has 2 saturated heterocycles. The normalized spacial score (nSPS) is 24.1. The SMILES string of the molecule is COc1ccc(NC(=O)C2C3C(=O)N(c4ccccc4)C(=O)C3C3c4ccccc4C=CN23)cc1. The van der Waals surface area contributed by atoms with E-state index in [1.54, 1.807) is 55.6 Å². The molecule has 6 rings (SSSR count). The van der Waals surface area contributed by atoms with Crippen molar-refractivity contribution in [3.8, 4) is 5.75 Å². The van der Waals surface area contributed by atoms with Gasteiger partial charge in [-0.05, 0) is 53.6 Å². The highest BCUT2D eigenvalue weighted by molar-refractivity contribution is 6.24. The third kappa shape index (κ3) is 3.23. The van der Waals surface area contributed by atoms with E-state index < -0.39 is 23.9 Å². The predicted octanol–water partition coefficient (Wildman–Crippen LogP) is 3.85. The van der Waals surface area contributed by atoms with Crippen molar-refractivity contribution in [3.05, 3.63) is 96.2 Å². The Kier molecular flexibility index (Phi) is 4.91. The van der Waals surface area contributed by atoms with Crippen LogP contribution in [0.3, 0.4) is 0 Å². The molecular formula is C28H23N3O4. The Morgan fingerprint density at radius 1 is 0.857 bits per heavy atom. The minimum atomic E-state index is -0.832. The number of benzene rings is 3. The van der Waals surface area contributed by atoms with E-state index in [1.807, 2.05) is 47.5 Å². The Morgan fingerprint density at radius 3 is 2.29 bits per heavy atom. The van der Waals surface area contributed by atoms with Gasteiger partial charge in [0.15, 0.2) is 0 Å². The van der Waals surface area contributed by atoms with Gasteiger partial charge in [0.25, 0.3) is 0 Å². The number of hydrogen-bond acceptors (Lipinski definition) is 5. The molecule has 3 aromatic rings. The van der Waals surface area contributed by atoms with E-state index >= 15 is 0 Å². The summed E-state index contributed by atoms with van der Waals surface area (Å²) >= 11 is 0. The zero-order chi connectivity index (χ0) is 24.1. The number of rotatable bonds is 4. The fourth-order valence-corrected chi connectivity index (χ4v) is 5.58. The zero-order valence-corrected chi connectivity index (χ0v) is 19.0. The van der Waals surface area contributed by atoms with Crippen molar-refractivity contribution in [3.63, 3.8) is 0 Å². The van der Waals surface area contributed by atoms with Gasteiger partial charge in [0.1, 0.15) is 11.8 Å². The maximum Gasteiger partial charge on any atom is 0.247 e. The third-order valence-electron chi connectivity index (χ3n) is 7.10. The van der Waals surface area contributed by atoms with Crippen molar-refractivity contribution in [1.82, 2.24) is 4.90 Å². The summed E-state index contributed by atoms with van der Waals surface area (Å²) in [7, 11) is 1.58. The summed E-state index contributed by atoms with van der Waals surface area (Å²) < 4.78 is 5.20. The highest BCUT2D eigenvalue weighted by Gasteiger charge is 2.64. The van der Waals surface area contributed by atoms with E-state index in [0.29, 0.717) is 17.1 Å². The summed E-state index contributed by atoms with van der Waals surface area (Å²) in [5.41, 5.74) is 3.05. The Hall–Kier alpha value is -4.39. The second-order valence-electron chi connectivity index (χ2n) is 8.90. The molecule has 0 aliphatic carbocycles. The summed E-state index contributed by atoms with van der Waals surface area (Å²) in [5.74, 6) is -1.74. The number of anilines is 2. The summed E-state index contributed by atoms with van der Waals surface area (Å²) in [4.78, 5) is 44.3. The summed E-state index contributed by atoms with van der Waals surface area (Å²) in [6, 6.07) is 22.5. The van der Waals surface area contributed by atoms with E-state index in [1.165, 1.54) is 4.90 Å². The lowest BCUT2D eigenvalue weighted by molar-refractivity contribution is -0.128. The van der Waals surface area contributed by atoms with E-state index in [9.17, 15) is 14.4 Å². The van der Waals surface area contributed by atoms with Gasteiger partial charge in [-0.1, -0.05) is 42.5 Å². The van der Waals surface area contributed by atoms with E-state index in [0.717, 1.165) is 11.1 Å². The molecule has 4 unspecified atom stereocenters. The van der Waals surface area contributed by atoms with Crippen LogP contribution in [0.4, 0.5) is 11.4 Å². The lowest BCUT2D eigenvalue weighted by Gasteiger charge is -2.35. The molecule has 0 bridgehead atoms. The van der Waals surface area contributed by atoms with Crippen molar-refractivity contribution in [2.24, 2.45) is 11.8 Å². The van der Waals surface area contributed by atoms with Crippen LogP contribution in [-0.2, 0) is 14.4 Å². The number of hydrogen-bond donors (Lipinski definition) is 1. The fraction of sp³-hybridized carbons (Fsp3) is 0.179. The second kappa shape index (κ2) is 8.13. The van der Waals surface area contributed by atoms with Crippen LogP contribution < -0.4 is 15.0 Å². The van der Waals surface area contributed by atoms with Crippen LogP contribution >= 0.6 is 0 Å². The molecule has 1 N–H and O–H groups in total. The second-order valence-corrected chi connectivity index (χ2v) is 8.90. The van der Waals surface area contributed by atoms with Gasteiger partial charge in [-0.25, -0.2) is 4.90 Å². The van der Waals surface area contributed by atoms with Gasteiger partial charge in [-0.2, -0.15) is 0 Å². The molecule has 0 aromatic heterocycles. The quantitative estimate of drug-likeness (QED) is 0.592. The highest BCUT2D eigenvalue weighted by Crippen LogP contribution is 2.53. The highest BCUT2D eigenvalue weighted by atomic mass is 16.5. The molecule has 7 nitrogen and oxygen atoms in total. The predicted molar refractivity (Wildman–Crippen MR) is 131 cm³/mol. The minimum absolute atomic E-state index is 0.272. The largest absolute Gasteiger partial charge is 0.497 e. The van der Waals surface area contributed by atoms with Crippen LogP contribution in [0.15, 0.2) is 85.1 Å². The van der Waals surface area contributed by atoms with Crippen LogP contribution in [-0.4, -0.2) is 35.8 Å². The van der Waals surface area contributed by atoms with Crippen LogP contribution in [0.1, 0.15) is 17.2 Å². The standard InChI is InChI=1S/C28H23N3O4/c1-35-20-13-11-18(12-14-20)29-26(32)25-23-22(24-21-10-6-5-7-17(21)15-16-30(24)25)27(33)31(28(23)34)19-8-3-2-4-9-19/h2-16,22-25H,1H3,(H,29,32). The van der Waals surface area contributed by atoms with E-state index in [4.69, 9.17) is 4.74 Å². The summed E-state index contributed by atoms with van der Waals surface area (Å²) in [5, 5.41) is 2.94. The Bertz CT molecular complexity index is 1350. The lowest BCUT2D eigenvalue weighted by Crippen LogP contribution is -2.46. The first-order valence-corrected chi connectivity index (χ1v) is 11.5. The van der Waals surface area contributed by atoms with Crippen LogP contribution in [0.5, 0.6) is 5.75 Å². The monoisotopic (exact) mass is 465 g/mol. The number of carbonyl (C=O) groups excluding carboxylic acids is 3. The molecule has 174 valence electrons. The Morgan fingerprint density at radius 2 is 1.54 bits per heavy atom. The van der Waals surface area contributed by atoms with Crippen LogP contribution in [0, 0.1) is 11.8 Å². The molecule has 0 saturated carbocycles. The number of fused-ring (bicyclic) bond motifs is 5. The van der Waals surface area contributed by atoms with Gasteiger partial charge in [-0.3, -0.25) is 14.4 Å². The number of amides is 3. The zero-order valence-electron chi connectivity index (χ0n) is 19.0. The molecular weight excluding hydrogens is 442 g/mol. The summed E-state index contributed by atoms with van der Waals surface area (Å²) in [6.45, 7) is 0. The number of nitrogens with zero attached hydrogens (tertiary/aromatic N) is 2. The van der Waals surface area contributed by atoms with E-state index in [2.05, 4.69) is 5.32 Å². The lowest BCUT2D eigenvalue weighted by atomic mass is 9.84. The van der Waals surface area contributed by atoms with Gasteiger partial charge in [0, 0.05) is 11.9 Å². The number of methoxy groups -OCH3 is 1. The minimum Gasteiger partial charge on any atom is -0.497 e. The molecule has 7 heteroatoms. The molecule has 4 atom stereocenters. The van der Waals surface area contributed by atoms with E-state index in [-0.39, 0.29) is 17.7 Å². The average molecular weight is 466 g/mol. The van der Waals surface area contributed by atoms with Gasteiger partial charge in [0.05, 0.1) is 30.7 Å². The van der Waals surface area contributed by atoms with Gasteiger partial charge >= 0.3 is 0 Å². The first-order valence-electron chi connectivity index (χ1n) is 11.5. The smallest absolute Gasteiger partial charge is 0.247 e. The van der Waals surface area contributed by atoms with Crippen molar-refractivity contribution < 1.29 is 19.1 Å². The first-order chi connectivity index (χ1) is 17.1. The molecule has 0 spiro atoms. The molecule has 35 heavy (non-hydrogen) atoms. The number of carbonyl (C=O) groups is 3. The summed E-state index contributed by atoms with van der Waals surface area (Å²) in [6.07, 6.45) is 3.78. The molecule has 3 amide bonds. The molecule has 2 fully saturated rings. The maximum absolute atomic E-state index is 13.8. The molecule has 3 heterocycles. The molecule has 3 aliphatic rings. The third-order valence-corrected chi connectivity index (χ3v) is 7.10. The van der Waals surface area contributed by atoms with Crippen molar-refractivity contribution in [2.45, 2.75) is 12.1 Å². The fourth-order valence-electron chi connectivity index (χ4n) is 5.58. The number of para-hydroxylation sites is 1.